The predicted molar refractivity (Wildman–Crippen MR) is 98.8 cm³/mol. The molecule has 0 fully saturated rings. The van der Waals surface area contributed by atoms with Crippen LogP contribution in [-0.4, -0.2) is 44.2 Å². The maximum Gasteiger partial charge on any atom is 0.231 e. The fourth-order valence-electron chi connectivity index (χ4n) is 4.83. The first-order valence-corrected chi connectivity index (χ1v) is 9.26. The molecule has 0 saturated heterocycles. The fraction of sp³-hybridized carbons (Fsp3) is 0.429. The molecule has 2 aromatic rings. The van der Waals surface area contributed by atoms with Crippen LogP contribution in [-0.2, 0) is 13.0 Å². The highest BCUT2D eigenvalue weighted by molar-refractivity contribution is 5.56. The fourth-order valence-corrected chi connectivity index (χ4v) is 4.83. The Kier molecular flexibility index (Phi) is 3.91. The Morgan fingerprint density at radius 2 is 1.93 bits per heavy atom. The van der Waals surface area contributed by atoms with Crippen molar-refractivity contribution >= 4 is 0 Å². The molecule has 2 aromatic carbocycles. The number of aliphatic hydroxyl groups excluding tert-OH is 1. The van der Waals surface area contributed by atoms with Crippen molar-refractivity contribution in [3.8, 4) is 23.0 Å². The molecule has 6 heteroatoms. The monoisotopic (exact) mass is 369 g/mol. The molecule has 3 aliphatic rings. The van der Waals surface area contributed by atoms with E-state index < -0.39 is 0 Å². The van der Waals surface area contributed by atoms with Gasteiger partial charge in [-0.2, -0.15) is 0 Å². The smallest absolute Gasteiger partial charge is 0.231 e. The van der Waals surface area contributed by atoms with Gasteiger partial charge in [-0.25, -0.2) is 0 Å². The summed E-state index contributed by atoms with van der Waals surface area (Å²) in [5, 5.41) is 10.3. The third kappa shape index (κ3) is 2.40. The van der Waals surface area contributed by atoms with E-state index in [9.17, 15) is 5.11 Å². The van der Waals surface area contributed by atoms with Gasteiger partial charge in [0.25, 0.3) is 0 Å². The number of nitrogens with zero attached hydrogens (tertiary/aromatic N) is 1. The molecule has 2 atom stereocenters. The van der Waals surface area contributed by atoms with Crippen molar-refractivity contribution < 1.29 is 24.1 Å². The summed E-state index contributed by atoms with van der Waals surface area (Å²) in [7, 11) is 3.32. The van der Waals surface area contributed by atoms with Crippen LogP contribution in [0, 0.1) is 0 Å². The Morgan fingerprint density at radius 1 is 1.11 bits per heavy atom. The van der Waals surface area contributed by atoms with E-state index in [1.54, 1.807) is 14.2 Å². The lowest BCUT2D eigenvalue weighted by atomic mass is 9.76. The zero-order chi connectivity index (χ0) is 18.5. The summed E-state index contributed by atoms with van der Waals surface area (Å²) in [6, 6.07) is 8.31. The number of hydrogen-bond acceptors (Lipinski definition) is 6. The van der Waals surface area contributed by atoms with Crippen molar-refractivity contribution in [1.29, 1.82) is 0 Å². The zero-order valence-electron chi connectivity index (χ0n) is 15.5. The van der Waals surface area contributed by atoms with Gasteiger partial charge in [0.05, 0.1) is 20.8 Å². The number of hydrogen-bond donors (Lipinski definition) is 1. The molecule has 3 heterocycles. The van der Waals surface area contributed by atoms with Crippen LogP contribution in [0.2, 0.25) is 0 Å². The van der Waals surface area contributed by atoms with Crippen molar-refractivity contribution in [2.75, 3.05) is 34.2 Å². The highest BCUT2D eigenvalue weighted by Crippen LogP contribution is 2.51. The Bertz CT molecular complexity index is 897. The van der Waals surface area contributed by atoms with E-state index in [-0.39, 0.29) is 25.4 Å². The lowest BCUT2D eigenvalue weighted by Crippen LogP contribution is -2.42. The van der Waals surface area contributed by atoms with Gasteiger partial charge in [-0.05, 0) is 41.3 Å². The van der Waals surface area contributed by atoms with Crippen molar-refractivity contribution in [2.24, 2.45) is 0 Å². The minimum atomic E-state index is -0.0343. The van der Waals surface area contributed by atoms with Gasteiger partial charge < -0.3 is 24.1 Å². The summed E-state index contributed by atoms with van der Waals surface area (Å²) in [6.45, 7) is 2.03. The molecule has 0 spiro atoms. The molecule has 0 saturated carbocycles. The van der Waals surface area contributed by atoms with Gasteiger partial charge in [0.2, 0.25) is 6.79 Å². The first-order chi connectivity index (χ1) is 13.2. The maximum atomic E-state index is 10.3. The third-order valence-electron chi connectivity index (χ3n) is 6.04. The van der Waals surface area contributed by atoms with Gasteiger partial charge in [-0.15, -0.1) is 0 Å². The summed E-state index contributed by atoms with van der Waals surface area (Å²) in [4.78, 5) is 2.43. The molecule has 6 nitrogen and oxygen atoms in total. The van der Waals surface area contributed by atoms with Crippen molar-refractivity contribution in [2.45, 2.75) is 24.9 Å². The molecule has 0 bridgehead atoms. The van der Waals surface area contributed by atoms with Crippen LogP contribution in [0.5, 0.6) is 23.0 Å². The van der Waals surface area contributed by atoms with Crippen molar-refractivity contribution in [3.05, 3.63) is 46.5 Å². The second-order valence-corrected chi connectivity index (χ2v) is 7.23. The zero-order valence-corrected chi connectivity index (χ0v) is 15.5. The summed E-state index contributed by atoms with van der Waals surface area (Å²) >= 11 is 0. The molecule has 3 aliphatic heterocycles. The lowest BCUT2D eigenvalue weighted by Gasteiger charge is -2.46. The molecule has 27 heavy (non-hydrogen) atoms. The Morgan fingerprint density at radius 3 is 2.67 bits per heavy atom. The Balaban J connectivity index is 1.65. The predicted octanol–water partition coefficient (Wildman–Crippen LogP) is 2.62. The van der Waals surface area contributed by atoms with Crippen LogP contribution in [0.15, 0.2) is 24.3 Å². The molecule has 0 amide bonds. The van der Waals surface area contributed by atoms with Crippen LogP contribution < -0.4 is 18.9 Å². The van der Waals surface area contributed by atoms with E-state index >= 15 is 0 Å². The molecule has 1 N–H and O–H groups in total. The van der Waals surface area contributed by atoms with Crippen LogP contribution in [0.3, 0.4) is 0 Å². The SMILES string of the molecule is COc1ccc2c(c1OC)CN1CCc3cc4c(cc3[C@@H]1[C@@H]2CO)OCO4. The minimum absolute atomic E-state index is 0.0343. The van der Waals surface area contributed by atoms with Gasteiger partial charge >= 0.3 is 0 Å². The minimum Gasteiger partial charge on any atom is -0.493 e. The number of rotatable bonds is 3. The highest BCUT2D eigenvalue weighted by atomic mass is 16.7. The van der Waals surface area contributed by atoms with Gasteiger partial charge in [0.1, 0.15) is 0 Å². The van der Waals surface area contributed by atoms with Crippen LogP contribution in [0.4, 0.5) is 0 Å². The first kappa shape index (κ1) is 16.7. The van der Waals surface area contributed by atoms with Crippen LogP contribution >= 0.6 is 0 Å². The Hall–Kier alpha value is -2.44. The molecular weight excluding hydrogens is 346 g/mol. The second-order valence-electron chi connectivity index (χ2n) is 7.23. The van der Waals surface area contributed by atoms with Crippen LogP contribution in [0.1, 0.15) is 34.2 Å². The molecule has 0 aromatic heterocycles. The number of fused-ring (bicyclic) bond motifs is 5. The first-order valence-electron chi connectivity index (χ1n) is 9.26. The number of aliphatic hydroxyl groups is 1. The number of methoxy groups -OCH3 is 2. The van der Waals surface area contributed by atoms with Crippen LogP contribution in [0.25, 0.3) is 0 Å². The maximum absolute atomic E-state index is 10.3. The lowest BCUT2D eigenvalue weighted by molar-refractivity contribution is 0.1000. The van der Waals surface area contributed by atoms with Gasteiger partial charge in [0, 0.05) is 30.6 Å². The van der Waals surface area contributed by atoms with Crippen molar-refractivity contribution in [1.82, 2.24) is 4.90 Å². The van der Waals surface area contributed by atoms with Crippen molar-refractivity contribution in [3.63, 3.8) is 0 Å². The Labute approximate surface area is 158 Å². The van der Waals surface area contributed by atoms with E-state index in [4.69, 9.17) is 18.9 Å². The van der Waals surface area contributed by atoms with Gasteiger partial charge in [0.15, 0.2) is 23.0 Å². The standard InChI is InChI=1S/C21H23NO5/c1-24-17-4-3-13-15(21(17)25-2)9-22-6-5-12-7-18-19(27-11-26-18)8-14(12)20(22)16(13)10-23/h3-4,7-8,16,20,23H,5-6,9-11H2,1-2H3/t16-,20-/m1/s1. The summed E-state index contributed by atoms with van der Waals surface area (Å²) < 4.78 is 22.3. The molecule has 142 valence electrons. The molecule has 0 radical (unpaired) electrons. The molecule has 0 aliphatic carbocycles. The largest absolute Gasteiger partial charge is 0.493 e. The summed E-state index contributed by atoms with van der Waals surface area (Å²) in [5.74, 6) is 3.08. The third-order valence-corrected chi connectivity index (χ3v) is 6.04. The number of ether oxygens (including phenoxy) is 4. The van der Waals surface area contributed by atoms with E-state index in [0.717, 1.165) is 53.6 Å². The molecule has 0 unspecified atom stereocenters. The van der Waals surface area contributed by atoms with Gasteiger partial charge in [-0.3, -0.25) is 4.90 Å². The normalized spacial score (nSPS) is 22.6. The highest BCUT2D eigenvalue weighted by Gasteiger charge is 2.41. The molecule has 5 rings (SSSR count). The summed E-state index contributed by atoms with van der Waals surface area (Å²) in [5.41, 5.74) is 4.74. The van der Waals surface area contributed by atoms with E-state index in [0.29, 0.717) is 0 Å². The quantitative estimate of drug-likeness (QED) is 0.898. The average molecular weight is 369 g/mol. The number of benzene rings is 2. The average Bonchev–Trinajstić information content (AvgIpc) is 3.16. The second kappa shape index (κ2) is 6.32. The summed E-state index contributed by atoms with van der Waals surface area (Å²) in [6.07, 6.45) is 0.947. The van der Waals surface area contributed by atoms with E-state index in [2.05, 4.69) is 23.1 Å². The molecular formula is C21H23NO5. The van der Waals surface area contributed by atoms with E-state index in [1.165, 1.54) is 11.1 Å². The van der Waals surface area contributed by atoms with E-state index in [1.807, 2.05) is 6.07 Å². The van der Waals surface area contributed by atoms with Gasteiger partial charge in [-0.1, -0.05) is 6.07 Å². The topological polar surface area (TPSA) is 60.4 Å².